The highest BCUT2D eigenvalue weighted by Gasteiger charge is 2.06. The molecule has 0 aliphatic rings. The lowest BCUT2D eigenvalue weighted by Gasteiger charge is -2.04. The monoisotopic (exact) mass is 316 g/mol. The van der Waals surface area contributed by atoms with Crippen molar-refractivity contribution in [1.29, 1.82) is 0 Å². The molecule has 0 saturated heterocycles. The van der Waals surface area contributed by atoms with Gasteiger partial charge in [0.15, 0.2) is 5.15 Å². The number of aromatic nitrogens is 2. The van der Waals surface area contributed by atoms with Gasteiger partial charge in [0.2, 0.25) is 0 Å². The van der Waals surface area contributed by atoms with Crippen LogP contribution in [0.25, 0.3) is 0 Å². The van der Waals surface area contributed by atoms with Gasteiger partial charge in [0.1, 0.15) is 5.03 Å². The first-order valence-electron chi connectivity index (χ1n) is 8.05. The number of halogens is 1. The lowest BCUT2D eigenvalue weighted by atomic mass is 10.1. The first-order valence-corrected chi connectivity index (χ1v) is 9.41. The molecule has 116 valence electrons. The lowest BCUT2D eigenvalue weighted by molar-refractivity contribution is 0.563. The van der Waals surface area contributed by atoms with Crippen LogP contribution in [0.1, 0.15) is 71.1 Å². The number of nitrogens with zero attached hydrogens (tertiary/aromatic N) is 2. The van der Waals surface area contributed by atoms with Crippen LogP contribution in [-0.2, 0) is 7.05 Å². The van der Waals surface area contributed by atoms with Gasteiger partial charge in [-0.3, -0.25) is 0 Å². The maximum Gasteiger partial charge on any atom is 0.161 e. The molecule has 0 aromatic carbocycles. The molecule has 0 aliphatic heterocycles. The van der Waals surface area contributed by atoms with Crippen LogP contribution >= 0.6 is 23.4 Å². The van der Waals surface area contributed by atoms with E-state index in [0.717, 1.165) is 10.8 Å². The Labute approximate surface area is 133 Å². The SMILES string of the molecule is CCCCCCCCCCCCSc1c(Cl)ncn1C. The minimum atomic E-state index is 0.643. The second-order valence-electron chi connectivity index (χ2n) is 5.48. The summed E-state index contributed by atoms with van der Waals surface area (Å²) in [6.07, 6.45) is 15.7. The third-order valence-corrected chi connectivity index (χ3v) is 5.21. The van der Waals surface area contributed by atoms with E-state index in [9.17, 15) is 0 Å². The number of hydrogen-bond acceptors (Lipinski definition) is 2. The topological polar surface area (TPSA) is 17.8 Å². The van der Waals surface area contributed by atoms with Crippen molar-refractivity contribution in [3.63, 3.8) is 0 Å². The normalized spacial score (nSPS) is 11.2. The number of thioether (sulfide) groups is 1. The average molecular weight is 317 g/mol. The van der Waals surface area contributed by atoms with E-state index in [4.69, 9.17) is 11.6 Å². The predicted octanol–water partition coefficient (Wildman–Crippen LogP) is 6.09. The van der Waals surface area contributed by atoms with E-state index < -0.39 is 0 Å². The van der Waals surface area contributed by atoms with Gasteiger partial charge >= 0.3 is 0 Å². The molecule has 0 saturated carbocycles. The number of hydrogen-bond donors (Lipinski definition) is 0. The Morgan fingerprint density at radius 1 is 1.00 bits per heavy atom. The van der Waals surface area contributed by atoms with E-state index in [-0.39, 0.29) is 0 Å². The third-order valence-electron chi connectivity index (χ3n) is 3.58. The molecule has 1 aromatic rings. The van der Waals surface area contributed by atoms with E-state index in [1.54, 1.807) is 6.33 Å². The molecule has 4 heteroatoms. The van der Waals surface area contributed by atoms with Crippen LogP contribution in [0.4, 0.5) is 0 Å². The fourth-order valence-corrected chi connectivity index (χ4v) is 3.62. The van der Waals surface area contributed by atoms with Crippen LogP contribution in [0.15, 0.2) is 11.4 Å². The van der Waals surface area contributed by atoms with Crippen molar-refractivity contribution in [1.82, 2.24) is 9.55 Å². The number of unbranched alkanes of at least 4 members (excludes halogenated alkanes) is 9. The van der Waals surface area contributed by atoms with E-state index >= 15 is 0 Å². The smallest absolute Gasteiger partial charge is 0.161 e. The average Bonchev–Trinajstić information content (AvgIpc) is 2.76. The molecule has 0 unspecified atom stereocenters. The van der Waals surface area contributed by atoms with Crippen LogP contribution < -0.4 is 0 Å². The van der Waals surface area contributed by atoms with Crippen LogP contribution in [0, 0.1) is 0 Å². The Bertz CT molecular complexity index is 333. The molecule has 0 aliphatic carbocycles. The van der Waals surface area contributed by atoms with Gasteiger partial charge < -0.3 is 4.57 Å². The van der Waals surface area contributed by atoms with Crippen molar-refractivity contribution in [3.05, 3.63) is 11.5 Å². The van der Waals surface area contributed by atoms with Gasteiger partial charge in [0, 0.05) is 7.05 Å². The Morgan fingerprint density at radius 2 is 1.55 bits per heavy atom. The molecule has 20 heavy (non-hydrogen) atoms. The van der Waals surface area contributed by atoms with Crippen molar-refractivity contribution >= 4 is 23.4 Å². The summed E-state index contributed by atoms with van der Waals surface area (Å²) in [5.74, 6) is 1.15. The molecule has 0 amide bonds. The highest BCUT2D eigenvalue weighted by molar-refractivity contribution is 7.99. The molecule has 0 bridgehead atoms. The zero-order valence-corrected chi connectivity index (χ0v) is 14.6. The molecular formula is C16H29ClN2S. The standard InChI is InChI=1S/C16H29ClN2S/c1-3-4-5-6-7-8-9-10-11-12-13-20-16-15(17)18-14-19(16)2/h14H,3-13H2,1-2H3. The summed E-state index contributed by atoms with van der Waals surface area (Å²) in [7, 11) is 2.00. The highest BCUT2D eigenvalue weighted by Crippen LogP contribution is 2.26. The molecule has 0 N–H and O–H groups in total. The van der Waals surface area contributed by atoms with E-state index in [1.807, 2.05) is 23.4 Å². The lowest BCUT2D eigenvalue weighted by Crippen LogP contribution is -1.89. The molecule has 0 atom stereocenters. The minimum absolute atomic E-state index is 0.643. The summed E-state index contributed by atoms with van der Waals surface area (Å²) in [6, 6.07) is 0. The number of imidazole rings is 1. The first kappa shape index (κ1) is 17.9. The van der Waals surface area contributed by atoms with Gasteiger partial charge in [0.05, 0.1) is 6.33 Å². The van der Waals surface area contributed by atoms with Gasteiger partial charge in [-0.2, -0.15) is 0 Å². The highest BCUT2D eigenvalue weighted by atomic mass is 35.5. The van der Waals surface area contributed by atoms with Crippen molar-refractivity contribution < 1.29 is 0 Å². The molecule has 0 radical (unpaired) electrons. The summed E-state index contributed by atoms with van der Waals surface area (Å²) in [5.41, 5.74) is 0. The maximum atomic E-state index is 6.03. The van der Waals surface area contributed by atoms with Gasteiger partial charge in [-0.05, 0) is 12.2 Å². The molecule has 1 rings (SSSR count). The first-order chi connectivity index (χ1) is 9.75. The molecule has 1 heterocycles. The van der Waals surface area contributed by atoms with Crippen molar-refractivity contribution in [3.8, 4) is 0 Å². The predicted molar refractivity (Wildman–Crippen MR) is 90.8 cm³/mol. The molecule has 0 fully saturated rings. The van der Waals surface area contributed by atoms with Crippen molar-refractivity contribution in [2.45, 2.75) is 76.2 Å². The van der Waals surface area contributed by atoms with Gasteiger partial charge in [-0.25, -0.2) is 4.98 Å². The fourth-order valence-electron chi connectivity index (χ4n) is 2.31. The van der Waals surface area contributed by atoms with Crippen LogP contribution in [-0.4, -0.2) is 15.3 Å². The Balaban J connectivity index is 1.88. The summed E-state index contributed by atoms with van der Waals surface area (Å²) < 4.78 is 2.00. The Hall–Kier alpha value is -0.150. The Morgan fingerprint density at radius 3 is 2.05 bits per heavy atom. The summed E-state index contributed by atoms with van der Waals surface area (Å²) in [5, 5.41) is 1.74. The Kier molecular flexibility index (Phi) is 10.3. The molecule has 0 spiro atoms. The van der Waals surface area contributed by atoms with Crippen LogP contribution in [0.3, 0.4) is 0 Å². The summed E-state index contributed by atoms with van der Waals surface area (Å²) in [4.78, 5) is 4.09. The molecule has 2 nitrogen and oxygen atoms in total. The summed E-state index contributed by atoms with van der Waals surface area (Å²) >= 11 is 7.85. The third kappa shape index (κ3) is 7.58. The largest absolute Gasteiger partial charge is 0.328 e. The van der Waals surface area contributed by atoms with Crippen molar-refractivity contribution in [2.24, 2.45) is 7.05 Å². The zero-order valence-electron chi connectivity index (χ0n) is 13.0. The van der Waals surface area contributed by atoms with Crippen LogP contribution in [0.2, 0.25) is 5.15 Å². The molecule has 1 aromatic heterocycles. The van der Waals surface area contributed by atoms with Crippen molar-refractivity contribution in [2.75, 3.05) is 5.75 Å². The van der Waals surface area contributed by atoms with Gasteiger partial charge in [-0.1, -0.05) is 76.3 Å². The minimum Gasteiger partial charge on any atom is -0.328 e. The fraction of sp³-hybridized carbons (Fsp3) is 0.812. The van der Waals surface area contributed by atoms with Crippen LogP contribution in [0.5, 0.6) is 0 Å². The van der Waals surface area contributed by atoms with E-state index in [1.165, 1.54) is 64.2 Å². The second kappa shape index (κ2) is 11.5. The maximum absolute atomic E-state index is 6.03. The molecular weight excluding hydrogens is 288 g/mol. The number of aryl methyl sites for hydroxylation is 1. The van der Waals surface area contributed by atoms with E-state index in [0.29, 0.717) is 5.15 Å². The van der Waals surface area contributed by atoms with E-state index in [2.05, 4.69) is 11.9 Å². The zero-order chi connectivity index (χ0) is 14.6. The quantitative estimate of drug-likeness (QED) is 0.343. The van der Waals surface area contributed by atoms with Gasteiger partial charge in [0.25, 0.3) is 0 Å². The number of rotatable bonds is 12. The van der Waals surface area contributed by atoms with Gasteiger partial charge in [-0.15, -0.1) is 11.8 Å². The summed E-state index contributed by atoms with van der Waals surface area (Å²) in [6.45, 7) is 2.27. The second-order valence-corrected chi connectivity index (χ2v) is 6.92.